The molecule has 4 heteroatoms. The Morgan fingerprint density at radius 2 is 2.07 bits per heavy atom. The molecule has 0 saturated heterocycles. The van der Waals surface area contributed by atoms with Crippen LogP contribution in [0.1, 0.15) is 0 Å². The summed E-state index contributed by atoms with van der Waals surface area (Å²) >= 11 is 0. The van der Waals surface area contributed by atoms with Gasteiger partial charge in [0.05, 0.1) is 18.9 Å². The van der Waals surface area contributed by atoms with Crippen molar-refractivity contribution in [2.24, 2.45) is 0 Å². The zero-order valence-corrected chi connectivity index (χ0v) is 9.16. The van der Waals surface area contributed by atoms with Crippen LogP contribution in [0.5, 0.6) is 5.75 Å². The van der Waals surface area contributed by atoms with E-state index in [0.717, 1.165) is 11.4 Å². The minimum absolute atomic E-state index is 0.403. The SMILES string of the molecule is CNCC(O)CNc1ccccc1OC. The Balaban J connectivity index is 2.49. The summed E-state index contributed by atoms with van der Waals surface area (Å²) in [5, 5.41) is 15.6. The van der Waals surface area contributed by atoms with Crippen molar-refractivity contribution < 1.29 is 9.84 Å². The molecule has 4 nitrogen and oxygen atoms in total. The molecule has 1 rings (SSSR count). The van der Waals surface area contributed by atoms with Crippen LogP contribution < -0.4 is 15.4 Å². The summed E-state index contributed by atoms with van der Waals surface area (Å²) in [5.74, 6) is 0.786. The molecule has 84 valence electrons. The zero-order chi connectivity index (χ0) is 11.1. The van der Waals surface area contributed by atoms with Gasteiger partial charge in [-0.05, 0) is 19.2 Å². The highest BCUT2D eigenvalue weighted by Crippen LogP contribution is 2.22. The smallest absolute Gasteiger partial charge is 0.141 e. The van der Waals surface area contributed by atoms with E-state index in [4.69, 9.17) is 4.74 Å². The number of rotatable bonds is 6. The largest absolute Gasteiger partial charge is 0.495 e. The third-order valence-electron chi connectivity index (χ3n) is 2.07. The van der Waals surface area contributed by atoms with Gasteiger partial charge in [0.15, 0.2) is 0 Å². The normalized spacial score (nSPS) is 12.2. The van der Waals surface area contributed by atoms with Gasteiger partial charge in [-0.3, -0.25) is 0 Å². The van der Waals surface area contributed by atoms with Crippen molar-refractivity contribution in [3.05, 3.63) is 24.3 Å². The predicted octanol–water partition coefficient (Wildman–Crippen LogP) is 0.687. The molecule has 0 bridgehead atoms. The van der Waals surface area contributed by atoms with E-state index >= 15 is 0 Å². The van der Waals surface area contributed by atoms with Crippen molar-refractivity contribution in [2.75, 3.05) is 32.6 Å². The first-order valence-electron chi connectivity index (χ1n) is 4.97. The van der Waals surface area contributed by atoms with Crippen LogP contribution in [0, 0.1) is 0 Å². The summed E-state index contributed by atoms with van der Waals surface area (Å²) < 4.78 is 5.18. The molecule has 1 unspecified atom stereocenters. The monoisotopic (exact) mass is 210 g/mol. The molecule has 0 fully saturated rings. The maximum Gasteiger partial charge on any atom is 0.141 e. The first kappa shape index (κ1) is 11.8. The summed E-state index contributed by atoms with van der Waals surface area (Å²) in [7, 11) is 3.44. The van der Waals surface area contributed by atoms with Crippen molar-refractivity contribution in [2.45, 2.75) is 6.10 Å². The van der Waals surface area contributed by atoms with E-state index in [0.29, 0.717) is 13.1 Å². The van der Waals surface area contributed by atoms with Crippen LogP contribution in [0.2, 0.25) is 0 Å². The number of ether oxygens (including phenoxy) is 1. The quantitative estimate of drug-likeness (QED) is 0.646. The average molecular weight is 210 g/mol. The molecule has 0 aliphatic rings. The molecule has 0 aromatic heterocycles. The van der Waals surface area contributed by atoms with E-state index in [1.54, 1.807) is 7.11 Å². The standard InChI is InChI=1S/C11H18N2O2/c1-12-7-9(14)8-13-10-5-3-4-6-11(10)15-2/h3-6,9,12-14H,7-8H2,1-2H3. The lowest BCUT2D eigenvalue weighted by atomic mass is 10.2. The van der Waals surface area contributed by atoms with Crippen molar-refractivity contribution in [3.8, 4) is 5.75 Å². The summed E-state index contributed by atoms with van der Waals surface area (Å²) in [6.45, 7) is 1.07. The van der Waals surface area contributed by atoms with E-state index in [1.165, 1.54) is 0 Å². The van der Waals surface area contributed by atoms with Crippen LogP contribution in [0.25, 0.3) is 0 Å². The highest BCUT2D eigenvalue weighted by molar-refractivity contribution is 5.56. The Hall–Kier alpha value is -1.26. The van der Waals surface area contributed by atoms with Crippen LogP contribution in [-0.2, 0) is 0 Å². The molecule has 15 heavy (non-hydrogen) atoms. The minimum atomic E-state index is -0.403. The molecule has 1 aromatic carbocycles. The topological polar surface area (TPSA) is 53.5 Å². The summed E-state index contributed by atoms with van der Waals surface area (Å²) in [4.78, 5) is 0. The Bertz CT molecular complexity index is 292. The highest BCUT2D eigenvalue weighted by atomic mass is 16.5. The zero-order valence-electron chi connectivity index (χ0n) is 9.16. The Kier molecular flexibility index (Phi) is 4.93. The van der Waals surface area contributed by atoms with Gasteiger partial charge < -0.3 is 20.5 Å². The van der Waals surface area contributed by atoms with Gasteiger partial charge in [0.1, 0.15) is 5.75 Å². The fraction of sp³-hybridized carbons (Fsp3) is 0.455. The van der Waals surface area contributed by atoms with Crippen LogP contribution in [0.3, 0.4) is 0 Å². The number of nitrogens with one attached hydrogen (secondary N) is 2. The molecule has 3 N–H and O–H groups in total. The third kappa shape index (κ3) is 3.77. The Morgan fingerprint density at radius 3 is 2.73 bits per heavy atom. The van der Waals surface area contributed by atoms with Gasteiger partial charge in [0.25, 0.3) is 0 Å². The van der Waals surface area contributed by atoms with Crippen molar-refractivity contribution in [1.82, 2.24) is 5.32 Å². The summed E-state index contributed by atoms with van der Waals surface area (Å²) in [6, 6.07) is 7.64. The van der Waals surface area contributed by atoms with Gasteiger partial charge in [-0.2, -0.15) is 0 Å². The molecule has 0 aliphatic heterocycles. The van der Waals surface area contributed by atoms with Crippen LogP contribution in [0.4, 0.5) is 5.69 Å². The Labute approximate surface area is 90.3 Å². The second-order valence-electron chi connectivity index (χ2n) is 3.29. The lowest BCUT2D eigenvalue weighted by Gasteiger charge is -2.14. The van der Waals surface area contributed by atoms with Crippen molar-refractivity contribution in [3.63, 3.8) is 0 Å². The fourth-order valence-electron chi connectivity index (χ4n) is 1.33. The summed E-state index contributed by atoms with van der Waals surface area (Å²) in [5.41, 5.74) is 0.898. The van der Waals surface area contributed by atoms with Crippen LogP contribution >= 0.6 is 0 Å². The molecule has 0 radical (unpaired) electrons. The van der Waals surface area contributed by atoms with Gasteiger partial charge in [0.2, 0.25) is 0 Å². The molecule has 1 aromatic rings. The van der Waals surface area contributed by atoms with Gasteiger partial charge in [-0.25, -0.2) is 0 Å². The maximum absolute atomic E-state index is 9.51. The van der Waals surface area contributed by atoms with E-state index in [9.17, 15) is 5.11 Å². The number of likely N-dealkylation sites (N-methyl/N-ethyl adjacent to an activating group) is 1. The molecule has 0 amide bonds. The second kappa shape index (κ2) is 6.27. The second-order valence-corrected chi connectivity index (χ2v) is 3.29. The average Bonchev–Trinajstić information content (AvgIpc) is 2.27. The van der Waals surface area contributed by atoms with E-state index < -0.39 is 6.10 Å². The predicted molar refractivity (Wildman–Crippen MR) is 61.4 cm³/mol. The number of aliphatic hydroxyl groups excluding tert-OH is 1. The van der Waals surface area contributed by atoms with Crippen molar-refractivity contribution >= 4 is 5.69 Å². The molecule has 1 atom stereocenters. The summed E-state index contributed by atoms with van der Waals surface area (Å²) in [6.07, 6.45) is -0.403. The number of aliphatic hydroxyl groups is 1. The number of benzene rings is 1. The molecular formula is C11H18N2O2. The number of anilines is 1. The lowest BCUT2D eigenvalue weighted by molar-refractivity contribution is 0.187. The minimum Gasteiger partial charge on any atom is -0.495 e. The highest BCUT2D eigenvalue weighted by Gasteiger charge is 2.04. The number of methoxy groups -OCH3 is 1. The molecular weight excluding hydrogens is 192 g/mol. The number of hydrogen-bond acceptors (Lipinski definition) is 4. The number of hydrogen-bond donors (Lipinski definition) is 3. The van der Waals surface area contributed by atoms with E-state index in [1.807, 2.05) is 31.3 Å². The first-order chi connectivity index (χ1) is 7.27. The third-order valence-corrected chi connectivity index (χ3v) is 2.07. The first-order valence-corrected chi connectivity index (χ1v) is 4.97. The van der Waals surface area contributed by atoms with Crippen LogP contribution in [0.15, 0.2) is 24.3 Å². The van der Waals surface area contributed by atoms with Gasteiger partial charge in [0, 0.05) is 13.1 Å². The number of para-hydroxylation sites is 2. The van der Waals surface area contributed by atoms with Gasteiger partial charge >= 0.3 is 0 Å². The molecule has 0 saturated carbocycles. The molecule has 0 aliphatic carbocycles. The Morgan fingerprint density at radius 1 is 1.33 bits per heavy atom. The van der Waals surface area contributed by atoms with Gasteiger partial charge in [-0.15, -0.1) is 0 Å². The van der Waals surface area contributed by atoms with Crippen molar-refractivity contribution in [1.29, 1.82) is 0 Å². The lowest BCUT2D eigenvalue weighted by Crippen LogP contribution is -2.30. The van der Waals surface area contributed by atoms with Gasteiger partial charge in [-0.1, -0.05) is 12.1 Å². The van der Waals surface area contributed by atoms with E-state index in [-0.39, 0.29) is 0 Å². The maximum atomic E-state index is 9.51. The van der Waals surface area contributed by atoms with E-state index in [2.05, 4.69) is 10.6 Å². The molecule has 0 spiro atoms. The fourth-order valence-corrected chi connectivity index (χ4v) is 1.33. The van der Waals surface area contributed by atoms with Crippen LogP contribution in [-0.4, -0.2) is 38.5 Å². The molecule has 0 heterocycles.